The Balaban J connectivity index is 1.76. The van der Waals surface area contributed by atoms with Gasteiger partial charge in [0, 0.05) is 11.3 Å². The van der Waals surface area contributed by atoms with Gasteiger partial charge in [0.1, 0.15) is 12.3 Å². The van der Waals surface area contributed by atoms with Crippen molar-refractivity contribution in [2.45, 2.75) is 20.8 Å². The van der Waals surface area contributed by atoms with E-state index in [1.807, 2.05) is 39.0 Å². The minimum absolute atomic E-state index is 0.331. The number of carbonyl (C=O) groups is 3. The number of para-hydroxylation sites is 1. The summed E-state index contributed by atoms with van der Waals surface area (Å²) in [6.07, 6.45) is 0. The zero-order valence-electron chi connectivity index (χ0n) is 16.2. The van der Waals surface area contributed by atoms with E-state index in [2.05, 4.69) is 10.6 Å². The van der Waals surface area contributed by atoms with E-state index < -0.39 is 24.4 Å². The van der Waals surface area contributed by atoms with Crippen molar-refractivity contribution in [1.29, 1.82) is 0 Å². The van der Waals surface area contributed by atoms with Crippen molar-refractivity contribution in [3.63, 3.8) is 0 Å². The van der Waals surface area contributed by atoms with Gasteiger partial charge in [-0.25, -0.2) is 0 Å². The molecule has 28 heavy (non-hydrogen) atoms. The van der Waals surface area contributed by atoms with Crippen LogP contribution in [0.2, 0.25) is 0 Å². The standard InChI is InChI=1S/C21H24N2O5/c1-4-27-17-10-8-16(9-11-17)21(26)22-12-19(25)28-13-18(24)23-20-14(2)6-5-7-15(20)3/h5-11H,4,12-13H2,1-3H3,(H,22,26)(H,23,24). The summed E-state index contributed by atoms with van der Waals surface area (Å²) in [7, 11) is 0. The van der Waals surface area contributed by atoms with Crippen molar-refractivity contribution in [3.05, 3.63) is 59.2 Å². The van der Waals surface area contributed by atoms with Crippen molar-refractivity contribution in [2.75, 3.05) is 25.1 Å². The first-order valence-corrected chi connectivity index (χ1v) is 8.93. The fraction of sp³-hybridized carbons (Fsp3) is 0.286. The van der Waals surface area contributed by atoms with Crippen LogP contribution in [0, 0.1) is 13.8 Å². The van der Waals surface area contributed by atoms with E-state index in [1.165, 1.54) is 0 Å². The molecule has 0 saturated heterocycles. The molecule has 0 aliphatic carbocycles. The summed E-state index contributed by atoms with van der Waals surface area (Å²) in [5, 5.41) is 5.18. The molecule has 0 unspecified atom stereocenters. The maximum atomic E-state index is 12.0. The average molecular weight is 384 g/mol. The lowest BCUT2D eigenvalue weighted by Gasteiger charge is -2.12. The highest BCUT2D eigenvalue weighted by Crippen LogP contribution is 2.19. The van der Waals surface area contributed by atoms with Gasteiger partial charge in [-0.1, -0.05) is 18.2 Å². The number of amides is 2. The minimum atomic E-state index is -0.698. The van der Waals surface area contributed by atoms with Crippen molar-refractivity contribution in [1.82, 2.24) is 5.32 Å². The van der Waals surface area contributed by atoms with Gasteiger partial charge < -0.3 is 20.1 Å². The number of hydrogen-bond acceptors (Lipinski definition) is 5. The number of esters is 1. The van der Waals surface area contributed by atoms with Crippen molar-refractivity contribution < 1.29 is 23.9 Å². The minimum Gasteiger partial charge on any atom is -0.494 e. The van der Waals surface area contributed by atoms with Crippen LogP contribution in [0.25, 0.3) is 0 Å². The molecule has 0 aliphatic rings. The summed E-state index contributed by atoms with van der Waals surface area (Å²) < 4.78 is 10.2. The number of aryl methyl sites for hydroxylation is 2. The molecule has 2 N–H and O–H groups in total. The second-order valence-corrected chi connectivity index (χ2v) is 6.12. The van der Waals surface area contributed by atoms with Crippen LogP contribution in [-0.2, 0) is 14.3 Å². The summed E-state index contributed by atoms with van der Waals surface area (Å²) >= 11 is 0. The van der Waals surface area contributed by atoms with Crippen molar-refractivity contribution in [3.8, 4) is 5.75 Å². The lowest BCUT2D eigenvalue weighted by molar-refractivity contribution is -0.146. The quantitative estimate of drug-likeness (QED) is 0.683. The smallest absolute Gasteiger partial charge is 0.325 e. The molecule has 0 spiro atoms. The third-order valence-electron chi connectivity index (χ3n) is 3.93. The first-order valence-electron chi connectivity index (χ1n) is 8.93. The van der Waals surface area contributed by atoms with Crippen LogP contribution >= 0.6 is 0 Å². The Bertz CT molecular complexity index is 826. The van der Waals surface area contributed by atoms with Gasteiger partial charge >= 0.3 is 5.97 Å². The first-order chi connectivity index (χ1) is 13.4. The van der Waals surface area contributed by atoms with Gasteiger partial charge in [0.25, 0.3) is 11.8 Å². The maximum Gasteiger partial charge on any atom is 0.325 e. The Morgan fingerprint density at radius 1 is 0.964 bits per heavy atom. The molecule has 0 bridgehead atoms. The largest absolute Gasteiger partial charge is 0.494 e. The van der Waals surface area contributed by atoms with Gasteiger partial charge in [0.05, 0.1) is 6.61 Å². The molecule has 0 aliphatic heterocycles. The van der Waals surface area contributed by atoms with Crippen LogP contribution in [0.4, 0.5) is 5.69 Å². The van der Waals surface area contributed by atoms with Gasteiger partial charge in [-0.2, -0.15) is 0 Å². The number of ether oxygens (including phenoxy) is 2. The van der Waals surface area contributed by atoms with Crippen molar-refractivity contribution in [2.24, 2.45) is 0 Å². The van der Waals surface area contributed by atoms with Crippen molar-refractivity contribution >= 4 is 23.5 Å². The topological polar surface area (TPSA) is 93.7 Å². The zero-order valence-corrected chi connectivity index (χ0v) is 16.2. The Labute approximate surface area is 164 Å². The predicted octanol–water partition coefficient (Wildman–Crippen LogP) is 2.61. The SMILES string of the molecule is CCOc1ccc(C(=O)NCC(=O)OCC(=O)Nc2c(C)cccc2C)cc1. The van der Waals surface area contributed by atoms with Gasteiger partial charge in [-0.3, -0.25) is 14.4 Å². The van der Waals surface area contributed by atoms with E-state index in [0.717, 1.165) is 11.1 Å². The Hall–Kier alpha value is -3.35. The number of rotatable bonds is 8. The Morgan fingerprint density at radius 3 is 2.21 bits per heavy atom. The van der Waals surface area contributed by atoms with Crippen LogP contribution in [0.3, 0.4) is 0 Å². The Morgan fingerprint density at radius 2 is 1.61 bits per heavy atom. The molecule has 0 saturated carbocycles. The molecule has 0 radical (unpaired) electrons. The summed E-state index contributed by atoms with van der Waals surface area (Å²) in [5.41, 5.74) is 2.93. The van der Waals surface area contributed by atoms with E-state index in [9.17, 15) is 14.4 Å². The molecular formula is C21H24N2O5. The molecule has 2 rings (SSSR count). The van der Waals surface area contributed by atoms with E-state index in [4.69, 9.17) is 9.47 Å². The highest BCUT2D eigenvalue weighted by molar-refractivity contribution is 5.97. The summed E-state index contributed by atoms with van der Waals surface area (Å²) in [4.78, 5) is 35.8. The van der Waals surface area contributed by atoms with Gasteiger partial charge in [-0.15, -0.1) is 0 Å². The van der Waals surface area contributed by atoms with E-state index in [-0.39, 0.29) is 6.54 Å². The van der Waals surface area contributed by atoms with Gasteiger partial charge in [-0.05, 0) is 56.2 Å². The highest BCUT2D eigenvalue weighted by atomic mass is 16.5. The molecule has 0 fully saturated rings. The number of nitrogens with one attached hydrogen (secondary N) is 2. The predicted molar refractivity (Wildman–Crippen MR) is 105 cm³/mol. The molecule has 7 nitrogen and oxygen atoms in total. The molecule has 0 heterocycles. The van der Waals surface area contributed by atoms with Gasteiger partial charge in [0.15, 0.2) is 6.61 Å². The third kappa shape index (κ3) is 6.12. The third-order valence-corrected chi connectivity index (χ3v) is 3.93. The second kappa shape index (κ2) is 10.1. The maximum absolute atomic E-state index is 12.0. The molecule has 2 aromatic rings. The normalized spacial score (nSPS) is 10.1. The van der Waals surface area contributed by atoms with Crippen LogP contribution in [-0.4, -0.2) is 37.5 Å². The van der Waals surface area contributed by atoms with Crippen LogP contribution < -0.4 is 15.4 Å². The zero-order chi connectivity index (χ0) is 20.5. The second-order valence-electron chi connectivity index (χ2n) is 6.12. The van der Waals surface area contributed by atoms with Crippen LogP contribution in [0.1, 0.15) is 28.4 Å². The fourth-order valence-corrected chi connectivity index (χ4v) is 2.51. The van der Waals surface area contributed by atoms with E-state index in [1.54, 1.807) is 24.3 Å². The first kappa shape index (κ1) is 21.0. The van der Waals surface area contributed by atoms with Crippen LogP contribution in [0.15, 0.2) is 42.5 Å². The fourth-order valence-electron chi connectivity index (χ4n) is 2.51. The van der Waals surface area contributed by atoms with E-state index >= 15 is 0 Å². The molecule has 2 amide bonds. The lowest BCUT2D eigenvalue weighted by atomic mass is 10.1. The van der Waals surface area contributed by atoms with E-state index in [0.29, 0.717) is 23.6 Å². The number of benzene rings is 2. The van der Waals surface area contributed by atoms with Crippen LogP contribution in [0.5, 0.6) is 5.75 Å². The molecular weight excluding hydrogens is 360 g/mol. The van der Waals surface area contributed by atoms with Gasteiger partial charge in [0.2, 0.25) is 0 Å². The number of hydrogen-bond donors (Lipinski definition) is 2. The summed E-state index contributed by atoms with van der Waals surface area (Å²) in [5.74, 6) is -0.895. The highest BCUT2D eigenvalue weighted by Gasteiger charge is 2.12. The molecule has 148 valence electrons. The summed E-state index contributed by atoms with van der Waals surface area (Å²) in [6.45, 7) is 5.41. The number of carbonyl (C=O) groups excluding carboxylic acids is 3. The lowest BCUT2D eigenvalue weighted by Crippen LogP contribution is -2.32. The summed E-state index contributed by atoms with van der Waals surface area (Å²) in [6, 6.07) is 12.2. The molecule has 0 aromatic heterocycles. The monoisotopic (exact) mass is 384 g/mol. The molecule has 2 aromatic carbocycles. The average Bonchev–Trinajstić information content (AvgIpc) is 2.68. The Kier molecular flexibility index (Phi) is 7.56. The number of anilines is 1. The molecule has 0 atom stereocenters. The molecule has 7 heteroatoms.